The van der Waals surface area contributed by atoms with Gasteiger partial charge >= 0.3 is 6.03 Å². The first-order chi connectivity index (χ1) is 6.09. The molecule has 1 unspecified atom stereocenters. The number of carbonyl (C=O) groups is 1. The number of nitrogens with two attached hydrogens (primary N) is 1. The largest absolute Gasteiger partial charge is 0.352 e. The Morgan fingerprint density at radius 2 is 2.46 bits per heavy atom. The number of hydrogen-bond acceptors (Lipinski definition) is 2. The summed E-state index contributed by atoms with van der Waals surface area (Å²) in [5.41, 5.74) is 5.64. The van der Waals surface area contributed by atoms with Crippen molar-refractivity contribution in [3.8, 4) is 0 Å². The highest BCUT2D eigenvalue weighted by molar-refractivity contribution is 6.30. The van der Waals surface area contributed by atoms with Gasteiger partial charge in [0.2, 0.25) is 0 Å². The molecule has 70 valence electrons. The summed E-state index contributed by atoms with van der Waals surface area (Å²) in [6, 6.07) is 2.55. The summed E-state index contributed by atoms with van der Waals surface area (Å²) in [6.45, 7) is 1.78. The summed E-state index contributed by atoms with van der Waals surface area (Å²) in [5.74, 6) is 0. The Morgan fingerprint density at radius 1 is 1.77 bits per heavy atom. The Morgan fingerprint density at radius 3 is 3.00 bits per heavy atom. The van der Waals surface area contributed by atoms with E-state index in [1.54, 1.807) is 25.3 Å². The van der Waals surface area contributed by atoms with Crippen molar-refractivity contribution < 1.29 is 4.79 Å². The molecular formula is C8H10ClN3O. The molecule has 13 heavy (non-hydrogen) atoms. The first kappa shape index (κ1) is 9.80. The summed E-state index contributed by atoms with van der Waals surface area (Å²) >= 11 is 5.74. The maximum atomic E-state index is 10.5. The standard InChI is InChI=1S/C8H10ClN3O/c1-5(12-8(10)13)7-4-6(9)2-3-11-7/h2-5H,1H3,(H3,10,12,13). The van der Waals surface area contributed by atoms with Crippen molar-refractivity contribution in [3.63, 3.8) is 0 Å². The fraction of sp³-hybridized carbons (Fsp3) is 0.250. The lowest BCUT2D eigenvalue weighted by molar-refractivity contribution is 0.246. The Bertz CT molecular complexity index is 316. The molecule has 3 N–H and O–H groups in total. The molecular weight excluding hydrogens is 190 g/mol. The van der Waals surface area contributed by atoms with Crippen molar-refractivity contribution in [2.24, 2.45) is 5.73 Å². The zero-order chi connectivity index (χ0) is 9.84. The lowest BCUT2D eigenvalue weighted by atomic mass is 10.2. The summed E-state index contributed by atoms with van der Waals surface area (Å²) in [5, 5.41) is 3.09. The molecule has 0 radical (unpaired) electrons. The molecule has 1 heterocycles. The van der Waals surface area contributed by atoms with Gasteiger partial charge in [0.15, 0.2) is 0 Å². The molecule has 0 saturated heterocycles. The quantitative estimate of drug-likeness (QED) is 0.757. The molecule has 0 aliphatic carbocycles. The van der Waals surface area contributed by atoms with Crippen molar-refractivity contribution in [2.75, 3.05) is 0 Å². The number of aromatic nitrogens is 1. The number of halogens is 1. The van der Waals surface area contributed by atoms with Crippen molar-refractivity contribution in [1.82, 2.24) is 10.3 Å². The fourth-order valence-corrected chi connectivity index (χ4v) is 1.11. The average molecular weight is 200 g/mol. The number of hydrogen-bond donors (Lipinski definition) is 2. The number of rotatable bonds is 2. The summed E-state index contributed by atoms with van der Waals surface area (Å²) in [6.07, 6.45) is 1.58. The minimum atomic E-state index is -0.575. The van der Waals surface area contributed by atoms with Gasteiger partial charge in [-0.15, -0.1) is 0 Å². The third kappa shape index (κ3) is 2.91. The number of carbonyl (C=O) groups excluding carboxylic acids is 1. The molecule has 0 aliphatic heterocycles. The molecule has 1 atom stereocenters. The number of nitrogens with one attached hydrogen (secondary N) is 1. The van der Waals surface area contributed by atoms with Crippen LogP contribution in [-0.4, -0.2) is 11.0 Å². The predicted octanol–water partition coefficient (Wildman–Crippen LogP) is 1.46. The van der Waals surface area contributed by atoms with Gasteiger partial charge in [-0.3, -0.25) is 4.98 Å². The smallest absolute Gasteiger partial charge is 0.312 e. The van der Waals surface area contributed by atoms with Crippen LogP contribution < -0.4 is 11.1 Å². The first-order valence-electron chi connectivity index (χ1n) is 3.77. The monoisotopic (exact) mass is 199 g/mol. The lowest BCUT2D eigenvalue weighted by Gasteiger charge is -2.10. The van der Waals surface area contributed by atoms with Crippen molar-refractivity contribution in [2.45, 2.75) is 13.0 Å². The van der Waals surface area contributed by atoms with E-state index in [1.807, 2.05) is 0 Å². The zero-order valence-corrected chi connectivity index (χ0v) is 7.88. The third-order valence-electron chi connectivity index (χ3n) is 1.55. The van der Waals surface area contributed by atoms with Crippen LogP contribution in [0.1, 0.15) is 18.7 Å². The molecule has 2 amide bonds. The van der Waals surface area contributed by atoms with Gasteiger partial charge in [0.1, 0.15) is 0 Å². The summed E-state index contributed by atoms with van der Waals surface area (Å²) in [4.78, 5) is 14.6. The fourth-order valence-electron chi connectivity index (χ4n) is 0.945. The highest BCUT2D eigenvalue weighted by Gasteiger charge is 2.07. The maximum absolute atomic E-state index is 10.5. The van der Waals surface area contributed by atoms with Crippen LogP contribution in [0.5, 0.6) is 0 Å². The van der Waals surface area contributed by atoms with E-state index in [4.69, 9.17) is 17.3 Å². The molecule has 0 aromatic carbocycles. The molecule has 4 nitrogen and oxygen atoms in total. The van der Waals surface area contributed by atoms with Gasteiger partial charge in [0, 0.05) is 11.2 Å². The lowest BCUT2D eigenvalue weighted by Crippen LogP contribution is -2.32. The maximum Gasteiger partial charge on any atom is 0.312 e. The summed E-state index contributed by atoms with van der Waals surface area (Å²) < 4.78 is 0. The van der Waals surface area contributed by atoms with Crippen LogP contribution in [0.25, 0.3) is 0 Å². The Labute approximate surface area is 81.1 Å². The third-order valence-corrected chi connectivity index (χ3v) is 1.78. The Balaban J connectivity index is 2.76. The van der Waals surface area contributed by atoms with Gasteiger partial charge < -0.3 is 11.1 Å². The van der Waals surface area contributed by atoms with Crippen LogP contribution in [0.2, 0.25) is 5.02 Å². The van der Waals surface area contributed by atoms with Gasteiger partial charge in [-0.1, -0.05) is 11.6 Å². The molecule has 0 fully saturated rings. The van der Waals surface area contributed by atoms with Crippen molar-refractivity contribution in [3.05, 3.63) is 29.0 Å². The van der Waals surface area contributed by atoms with E-state index in [-0.39, 0.29) is 6.04 Å². The SMILES string of the molecule is CC(NC(N)=O)c1cc(Cl)ccn1. The minimum Gasteiger partial charge on any atom is -0.352 e. The normalized spacial score (nSPS) is 12.2. The van der Waals surface area contributed by atoms with E-state index >= 15 is 0 Å². The van der Waals surface area contributed by atoms with E-state index in [2.05, 4.69) is 10.3 Å². The predicted molar refractivity (Wildman–Crippen MR) is 50.4 cm³/mol. The number of primary amides is 1. The molecule has 1 aromatic rings. The number of amides is 2. The number of pyridine rings is 1. The molecule has 1 aromatic heterocycles. The van der Waals surface area contributed by atoms with Crippen molar-refractivity contribution >= 4 is 17.6 Å². The van der Waals surface area contributed by atoms with E-state index in [0.29, 0.717) is 10.7 Å². The van der Waals surface area contributed by atoms with E-state index in [9.17, 15) is 4.79 Å². The Hall–Kier alpha value is -1.29. The van der Waals surface area contributed by atoms with Crippen LogP contribution in [0, 0.1) is 0 Å². The highest BCUT2D eigenvalue weighted by Crippen LogP contribution is 2.13. The second kappa shape index (κ2) is 4.09. The van der Waals surface area contributed by atoms with Gasteiger partial charge in [-0.25, -0.2) is 4.79 Å². The van der Waals surface area contributed by atoms with Crippen LogP contribution >= 0.6 is 11.6 Å². The van der Waals surface area contributed by atoms with E-state index in [0.717, 1.165) is 0 Å². The zero-order valence-electron chi connectivity index (χ0n) is 7.12. The second-order valence-corrected chi connectivity index (χ2v) is 3.07. The van der Waals surface area contributed by atoms with Crippen LogP contribution in [0.3, 0.4) is 0 Å². The van der Waals surface area contributed by atoms with Gasteiger partial charge in [-0.2, -0.15) is 0 Å². The topological polar surface area (TPSA) is 68.0 Å². The van der Waals surface area contributed by atoms with Gasteiger partial charge in [0.05, 0.1) is 11.7 Å². The van der Waals surface area contributed by atoms with E-state index in [1.165, 1.54) is 0 Å². The van der Waals surface area contributed by atoms with Gasteiger partial charge in [0.25, 0.3) is 0 Å². The molecule has 0 bridgehead atoms. The summed E-state index contributed by atoms with van der Waals surface area (Å²) in [7, 11) is 0. The molecule has 1 rings (SSSR count). The second-order valence-electron chi connectivity index (χ2n) is 2.63. The minimum absolute atomic E-state index is 0.226. The molecule has 0 aliphatic rings. The van der Waals surface area contributed by atoms with Crippen LogP contribution in [-0.2, 0) is 0 Å². The van der Waals surface area contributed by atoms with Crippen LogP contribution in [0.4, 0.5) is 4.79 Å². The van der Waals surface area contributed by atoms with Crippen molar-refractivity contribution in [1.29, 1.82) is 0 Å². The average Bonchev–Trinajstić information content (AvgIpc) is 2.03. The number of nitrogens with zero attached hydrogens (tertiary/aromatic N) is 1. The molecule has 0 spiro atoms. The Kier molecular flexibility index (Phi) is 3.08. The first-order valence-corrected chi connectivity index (χ1v) is 4.15. The van der Waals surface area contributed by atoms with E-state index < -0.39 is 6.03 Å². The van der Waals surface area contributed by atoms with Crippen LogP contribution in [0.15, 0.2) is 18.3 Å². The highest BCUT2D eigenvalue weighted by atomic mass is 35.5. The number of urea groups is 1. The van der Waals surface area contributed by atoms with Gasteiger partial charge in [-0.05, 0) is 19.1 Å². The molecule has 0 saturated carbocycles. The molecule has 5 heteroatoms.